The molecule has 3 rings (SSSR count). The fourth-order valence-electron chi connectivity index (χ4n) is 5.11. The zero-order valence-electron chi connectivity index (χ0n) is 23.2. The number of carbonyl (C=O) groups is 4. The Morgan fingerprint density at radius 1 is 1.13 bits per heavy atom. The second-order valence-corrected chi connectivity index (χ2v) is 10.7. The summed E-state index contributed by atoms with van der Waals surface area (Å²) in [5.41, 5.74) is 1.00. The number of ether oxygens (including phenoxy) is 1. The van der Waals surface area contributed by atoms with Gasteiger partial charge in [-0.2, -0.15) is 0 Å². The number of ketones is 2. The van der Waals surface area contributed by atoms with Crippen molar-refractivity contribution < 1.29 is 23.9 Å². The van der Waals surface area contributed by atoms with Crippen molar-refractivity contribution in [2.24, 2.45) is 0 Å². The molecule has 2 fully saturated rings. The van der Waals surface area contributed by atoms with Gasteiger partial charge in [0, 0.05) is 37.2 Å². The SMILES string of the molecule is CC(=O)CCC(C(C)=O)N(C=O)C(=O)c1ccc(OCCCCCN2CCC(NC3CNC3)CC2)cc1C. The summed E-state index contributed by atoms with van der Waals surface area (Å²) in [6.07, 6.45) is 6.31. The maximum Gasteiger partial charge on any atom is 0.261 e. The van der Waals surface area contributed by atoms with Crippen LogP contribution in [0.5, 0.6) is 5.75 Å². The Balaban J connectivity index is 1.37. The standard InChI is InChI=1S/C29H44N4O5/c1-21-17-26(8-9-27(21)29(37)33(20-34)28(23(3)36)10-7-22(2)35)38-16-6-4-5-13-32-14-11-24(12-15-32)31-25-18-30-19-25/h8-9,17,20,24-25,28,30-31H,4-7,10-16,18-19H2,1-3H3. The Hall–Kier alpha value is -2.62. The molecular weight excluding hydrogens is 484 g/mol. The number of rotatable bonds is 16. The number of hydrogen-bond donors (Lipinski definition) is 2. The molecule has 0 aliphatic carbocycles. The molecule has 9 nitrogen and oxygen atoms in total. The number of nitrogens with one attached hydrogen (secondary N) is 2. The molecule has 9 heteroatoms. The van der Waals surface area contributed by atoms with Gasteiger partial charge in [0.05, 0.1) is 12.6 Å². The van der Waals surface area contributed by atoms with Gasteiger partial charge in [-0.1, -0.05) is 0 Å². The first-order valence-corrected chi connectivity index (χ1v) is 14.0. The molecule has 2 heterocycles. The Kier molecular flexibility index (Phi) is 11.9. The minimum Gasteiger partial charge on any atom is -0.494 e. The van der Waals surface area contributed by atoms with E-state index in [1.165, 1.54) is 39.8 Å². The fraction of sp³-hybridized carbons (Fsp3) is 0.655. The highest BCUT2D eigenvalue weighted by atomic mass is 16.5. The number of aryl methyl sites for hydroxylation is 1. The zero-order valence-corrected chi connectivity index (χ0v) is 23.2. The number of hydrogen-bond acceptors (Lipinski definition) is 8. The number of nitrogens with zero attached hydrogens (tertiary/aromatic N) is 2. The quantitative estimate of drug-likeness (QED) is 0.249. The van der Waals surface area contributed by atoms with E-state index in [2.05, 4.69) is 15.5 Å². The van der Waals surface area contributed by atoms with E-state index in [9.17, 15) is 19.2 Å². The van der Waals surface area contributed by atoms with Crippen molar-refractivity contribution in [3.8, 4) is 5.75 Å². The van der Waals surface area contributed by atoms with Crippen LogP contribution in [0.4, 0.5) is 0 Å². The molecule has 0 aromatic heterocycles. The number of amides is 2. The number of likely N-dealkylation sites (tertiary alicyclic amines) is 1. The molecule has 2 saturated heterocycles. The van der Waals surface area contributed by atoms with E-state index in [4.69, 9.17) is 4.74 Å². The summed E-state index contributed by atoms with van der Waals surface area (Å²) in [7, 11) is 0. The molecule has 1 atom stereocenters. The second-order valence-electron chi connectivity index (χ2n) is 10.7. The zero-order chi connectivity index (χ0) is 27.5. The van der Waals surface area contributed by atoms with E-state index in [1.54, 1.807) is 25.1 Å². The third kappa shape index (κ3) is 8.99. The molecule has 0 bridgehead atoms. The highest BCUT2D eigenvalue weighted by Gasteiger charge is 2.29. The summed E-state index contributed by atoms with van der Waals surface area (Å²) in [6, 6.07) is 5.52. The lowest BCUT2D eigenvalue weighted by molar-refractivity contribution is -0.128. The van der Waals surface area contributed by atoms with Crippen molar-refractivity contribution in [3.05, 3.63) is 29.3 Å². The van der Waals surface area contributed by atoms with Crippen molar-refractivity contribution in [3.63, 3.8) is 0 Å². The van der Waals surface area contributed by atoms with Crippen LogP contribution in [0.15, 0.2) is 18.2 Å². The lowest BCUT2D eigenvalue weighted by Crippen LogP contribution is -2.59. The summed E-state index contributed by atoms with van der Waals surface area (Å²) >= 11 is 0. The number of benzene rings is 1. The van der Waals surface area contributed by atoms with Crippen molar-refractivity contribution in [1.82, 2.24) is 20.4 Å². The average molecular weight is 529 g/mol. The number of imide groups is 1. The molecular formula is C29H44N4O5. The molecule has 2 N–H and O–H groups in total. The average Bonchev–Trinajstić information content (AvgIpc) is 2.86. The number of unbranched alkanes of at least 4 members (excludes halogenated alkanes) is 2. The molecule has 38 heavy (non-hydrogen) atoms. The summed E-state index contributed by atoms with van der Waals surface area (Å²) in [5, 5.41) is 7.06. The van der Waals surface area contributed by atoms with Crippen LogP contribution >= 0.6 is 0 Å². The first kappa shape index (κ1) is 29.9. The van der Waals surface area contributed by atoms with E-state index in [0.29, 0.717) is 42.0 Å². The van der Waals surface area contributed by atoms with E-state index in [1.807, 2.05) is 0 Å². The topological polar surface area (TPSA) is 108 Å². The molecule has 210 valence electrons. The molecule has 1 aromatic carbocycles. The largest absolute Gasteiger partial charge is 0.494 e. The smallest absolute Gasteiger partial charge is 0.261 e. The van der Waals surface area contributed by atoms with E-state index >= 15 is 0 Å². The van der Waals surface area contributed by atoms with Gasteiger partial charge in [-0.15, -0.1) is 0 Å². The van der Waals surface area contributed by atoms with Crippen molar-refractivity contribution >= 4 is 23.9 Å². The number of carbonyl (C=O) groups excluding carboxylic acids is 4. The maximum atomic E-state index is 13.0. The van der Waals surface area contributed by atoms with Gasteiger partial charge in [0.2, 0.25) is 6.41 Å². The normalized spacial score (nSPS) is 17.4. The van der Waals surface area contributed by atoms with E-state index in [-0.39, 0.29) is 24.4 Å². The van der Waals surface area contributed by atoms with E-state index in [0.717, 1.165) is 43.8 Å². The summed E-state index contributed by atoms with van der Waals surface area (Å²) < 4.78 is 5.91. The summed E-state index contributed by atoms with van der Waals surface area (Å²) in [4.78, 5) is 51.7. The predicted octanol–water partition coefficient (Wildman–Crippen LogP) is 2.50. The van der Waals surface area contributed by atoms with Gasteiger partial charge in [0.1, 0.15) is 11.5 Å². The first-order chi connectivity index (χ1) is 18.3. The maximum absolute atomic E-state index is 13.0. The minimum absolute atomic E-state index is 0.0954. The Morgan fingerprint density at radius 3 is 2.45 bits per heavy atom. The monoisotopic (exact) mass is 528 g/mol. The summed E-state index contributed by atoms with van der Waals surface area (Å²) in [6.45, 7) is 10.8. The Labute approximate surface area is 226 Å². The molecule has 2 aliphatic rings. The molecule has 2 amide bonds. The van der Waals surface area contributed by atoms with E-state index < -0.39 is 11.9 Å². The van der Waals surface area contributed by atoms with Gasteiger partial charge >= 0.3 is 0 Å². The van der Waals surface area contributed by atoms with Crippen LogP contribution in [-0.4, -0.2) is 91.1 Å². The van der Waals surface area contributed by atoms with Crippen LogP contribution < -0.4 is 15.4 Å². The first-order valence-electron chi connectivity index (χ1n) is 14.0. The molecule has 1 unspecified atom stereocenters. The lowest BCUT2D eigenvalue weighted by Gasteiger charge is -2.37. The van der Waals surface area contributed by atoms with Gasteiger partial charge in [-0.25, -0.2) is 0 Å². The van der Waals surface area contributed by atoms with Gasteiger partial charge < -0.3 is 25.1 Å². The van der Waals surface area contributed by atoms with Gasteiger partial charge in [0.25, 0.3) is 5.91 Å². The third-order valence-electron chi connectivity index (χ3n) is 7.58. The molecule has 0 radical (unpaired) electrons. The van der Waals surface area contributed by atoms with Gasteiger partial charge in [-0.3, -0.25) is 19.3 Å². The lowest BCUT2D eigenvalue weighted by atomic mass is 10.0. The predicted molar refractivity (Wildman–Crippen MR) is 146 cm³/mol. The Bertz CT molecular complexity index is 956. The van der Waals surface area contributed by atoms with Crippen LogP contribution in [0.2, 0.25) is 0 Å². The Morgan fingerprint density at radius 2 is 1.87 bits per heavy atom. The summed E-state index contributed by atoms with van der Waals surface area (Å²) in [5.74, 6) is -0.296. The van der Waals surface area contributed by atoms with Crippen LogP contribution in [-0.2, 0) is 14.4 Å². The number of piperidine rings is 1. The molecule has 0 saturated carbocycles. The molecule has 2 aliphatic heterocycles. The highest BCUT2D eigenvalue weighted by molar-refractivity contribution is 6.04. The van der Waals surface area contributed by atoms with Crippen molar-refractivity contribution in [2.45, 2.75) is 83.8 Å². The van der Waals surface area contributed by atoms with Crippen LogP contribution in [0, 0.1) is 6.92 Å². The van der Waals surface area contributed by atoms with Crippen molar-refractivity contribution in [1.29, 1.82) is 0 Å². The van der Waals surface area contributed by atoms with Gasteiger partial charge in [0.15, 0.2) is 5.78 Å². The van der Waals surface area contributed by atoms with Crippen LogP contribution in [0.1, 0.15) is 74.7 Å². The third-order valence-corrected chi connectivity index (χ3v) is 7.58. The van der Waals surface area contributed by atoms with Crippen molar-refractivity contribution in [2.75, 3.05) is 39.3 Å². The highest BCUT2D eigenvalue weighted by Crippen LogP contribution is 2.21. The second kappa shape index (κ2) is 15.1. The van der Waals surface area contributed by atoms with Gasteiger partial charge in [-0.05, 0) is 103 Å². The minimum atomic E-state index is -0.952. The molecule has 1 aromatic rings. The fourth-order valence-corrected chi connectivity index (χ4v) is 5.11. The van der Waals surface area contributed by atoms with Crippen LogP contribution in [0.3, 0.4) is 0 Å². The van der Waals surface area contributed by atoms with Crippen LogP contribution in [0.25, 0.3) is 0 Å². The number of Topliss-reactive ketones (excluding diaryl/α,β-unsaturated/α-hetero) is 2. The molecule has 0 spiro atoms.